The van der Waals surface area contributed by atoms with Gasteiger partial charge in [0.05, 0.1) is 0 Å². The Bertz CT molecular complexity index is 1220. The van der Waals surface area contributed by atoms with Crippen molar-refractivity contribution in [1.29, 1.82) is 0 Å². The van der Waals surface area contributed by atoms with Crippen molar-refractivity contribution in [2.24, 2.45) is 0 Å². The molecule has 0 atom stereocenters. The van der Waals surface area contributed by atoms with Gasteiger partial charge in [0.15, 0.2) is 0 Å². The number of carbonyl (C=O) groups is 1. The van der Waals surface area contributed by atoms with Crippen LogP contribution in [0.5, 0.6) is 11.5 Å². The first-order valence-corrected chi connectivity index (χ1v) is 10.4. The smallest absolute Gasteiger partial charge is 0.251 e. The normalized spacial score (nSPS) is 12.9. The van der Waals surface area contributed by atoms with E-state index < -0.39 is 11.6 Å². The van der Waals surface area contributed by atoms with Gasteiger partial charge in [0.25, 0.3) is 5.91 Å². The fourth-order valence-corrected chi connectivity index (χ4v) is 3.76. The monoisotopic (exact) mass is 431 g/mol. The molecule has 3 nitrogen and oxygen atoms in total. The van der Waals surface area contributed by atoms with Crippen LogP contribution in [-0.2, 0) is 6.54 Å². The molecule has 0 unspecified atom stereocenters. The van der Waals surface area contributed by atoms with Crippen LogP contribution >= 0.6 is 0 Å². The highest BCUT2D eigenvalue weighted by Gasteiger charge is 2.14. The minimum Gasteiger partial charge on any atom is -0.457 e. The molecule has 0 aliphatic heterocycles. The van der Waals surface area contributed by atoms with Crippen molar-refractivity contribution >= 4 is 11.5 Å². The number of nitrogens with one attached hydrogen (secondary N) is 1. The molecule has 3 aromatic carbocycles. The highest BCUT2D eigenvalue weighted by atomic mass is 19.1. The second-order valence-electron chi connectivity index (χ2n) is 7.82. The van der Waals surface area contributed by atoms with Crippen molar-refractivity contribution in [2.45, 2.75) is 26.8 Å². The van der Waals surface area contributed by atoms with Gasteiger partial charge in [-0.25, -0.2) is 8.78 Å². The third kappa shape index (κ3) is 4.78. The van der Waals surface area contributed by atoms with E-state index >= 15 is 0 Å². The average molecular weight is 431 g/mol. The molecule has 5 heteroatoms. The lowest BCUT2D eigenvalue weighted by molar-refractivity contribution is 0.0950. The van der Waals surface area contributed by atoms with Crippen LogP contribution in [0.3, 0.4) is 0 Å². The summed E-state index contributed by atoms with van der Waals surface area (Å²) in [6.45, 7) is 3.94. The molecule has 0 aromatic heterocycles. The fraction of sp³-hybridized carbons (Fsp3) is 0.148. The first-order valence-electron chi connectivity index (χ1n) is 10.4. The van der Waals surface area contributed by atoms with Crippen LogP contribution in [0.15, 0.2) is 78.4 Å². The lowest BCUT2D eigenvalue weighted by atomic mass is 10.0. The molecule has 0 saturated heterocycles. The van der Waals surface area contributed by atoms with E-state index in [9.17, 15) is 13.6 Å². The predicted molar refractivity (Wildman–Crippen MR) is 122 cm³/mol. The zero-order valence-electron chi connectivity index (χ0n) is 17.9. The molecule has 0 heterocycles. The van der Waals surface area contributed by atoms with E-state index in [4.69, 9.17) is 4.74 Å². The summed E-state index contributed by atoms with van der Waals surface area (Å²) in [7, 11) is 0. The van der Waals surface area contributed by atoms with Crippen molar-refractivity contribution in [3.63, 3.8) is 0 Å². The van der Waals surface area contributed by atoms with E-state index in [1.54, 1.807) is 18.2 Å². The Hall–Kier alpha value is -3.73. The summed E-state index contributed by atoms with van der Waals surface area (Å²) in [6.07, 6.45) is 5.22. The predicted octanol–water partition coefficient (Wildman–Crippen LogP) is 6.73. The van der Waals surface area contributed by atoms with Crippen molar-refractivity contribution in [3.8, 4) is 11.5 Å². The van der Waals surface area contributed by atoms with Crippen LogP contribution in [0.25, 0.3) is 5.57 Å². The van der Waals surface area contributed by atoms with Crippen molar-refractivity contribution in [3.05, 3.63) is 112 Å². The molecule has 0 saturated carbocycles. The number of rotatable bonds is 6. The molecule has 0 spiro atoms. The molecule has 1 aliphatic rings. The third-order valence-corrected chi connectivity index (χ3v) is 5.45. The molecule has 3 aromatic rings. The Kier molecular flexibility index (Phi) is 6.17. The molecule has 162 valence electrons. The zero-order chi connectivity index (χ0) is 22.7. The lowest BCUT2D eigenvalue weighted by Gasteiger charge is -2.14. The highest BCUT2D eigenvalue weighted by Crippen LogP contribution is 2.32. The van der Waals surface area contributed by atoms with E-state index in [1.807, 2.05) is 31.2 Å². The molecular weight excluding hydrogens is 408 g/mol. The maximum atomic E-state index is 13.4. The molecule has 1 N–H and O–H groups in total. The molecule has 0 fully saturated rings. The summed E-state index contributed by atoms with van der Waals surface area (Å²) in [5.74, 6) is -0.453. The van der Waals surface area contributed by atoms with Gasteiger partial charge in [-0.1, -0.05) is 35.9 Å². The number of hydrogen-bond acceptors (Lipinski definition) is 2. The Morgan fingerprint density at radius 1 is 1.00 bits per heavy atom. The molecule has 1 amide bonds. The maximum absolute atomic E-state index is 13.4. The standard InChI is InChI=1S/C27H23F2NO2/c1-17-6-3-9-24(17)20-7-4-8-23(14-20)32-26-11-5-10-25(18(26)2)27(31)30-16-19-12-21(28)15-22(29)13-19/h3-5,7-15H,6,16H2,1-2H3,(H,30,31). The SMILES string of the molecule is CC1=C(c2cccc(Oc3cccc(C(=O)NCc4cc(F)cc(F)c4)c3C)c2)C=CC1. The highest BCUT2D eigenvalue weighted by molar-refractivity contribution is 5.96. The van der Waals surface area contributed by atoms with E-state index in [1.165, 1.54) is 23.3 Å². The number of allylic oxidation sites excluding steroid dienone is 4. The van der Waals surface area contributed by atoms with Gasteiger partial charge in [0.1, 0.15) is 23.1 Å². The van der Waals surface area contributed by atoms with E-state index in [0.717, 1.165) is 18.1 Å². The van der Waals surface area contributed by atoms with Gasteiger partial charge in [0.2, 0.25) is 0 Å². The maximum Gasteiger partial charge on any atom is 0.251 e. The molecule has 1 aliphatic carbocycles. The summed E-state index contributed by atoms with van der Waals surface area (Å²) in [5.41, 5.74) is 5.07. The van der Waals surface area contributed by atoms with E-state index in [2.05, 4.69) is 24.4 Å². The number of benzene rings is 3. The van der Waals surface area contributed by atoms with Gasteiger partial charge in [-0.3, -0.25) is 4.79 Å². The quantitative estimate of drug-likeness (QED) is 0.470. The van der Waals surface area contributed by atoms with Gasteiger partial charge < -0.3 is 10.1 Å². The fourth-order valence-electron chi connectivity index (χ4n) is 3.76. The summed E-state index contributed by atoms with van der Waals surface area (Å²) >= 11 is 0. The van der Waals surface area contributed by atoms with Gasteiger partial charge in [-0.05, 0) is 73.4 Å². The summed E-state index contributed by atoms with van der Waals surface area (Å²) < 4.78 is 32.8. The Morgan fingerprint density at radius 3 is 2.47 bits per heavy atom. The van der Waals surface area contributed by atoms with Crippen molar-refractivity contribution in [1.82, 2.24) is 5.32 Å². The first-order chi connectivity index (χ1) is 15.4. The lowest BCUT2D eigenvalue weighted by Crippen LogP contribution is -2.23. The second kappa shape index (κ2) is 9.18. The van der Waals surface area contributed by atoms with Crippen LogP contribution < -0.4 is 10.1 Å². The average Bonchev–Trinajstić information content (AvgIpc) is 3.19. The summed E-state index contributed by atoms with van der Waals surface area (Å²) in [5, 5.41) is 2.71. The number of amides is 1. The zero-order valence-corrected chi connectivity index (χ0v) is 17.9. The number of hydrogen-bond donors (Lipinski definition) is 1. The van der Waals surface area contributed by atoms with Crippen LogP contribution in [0.1, 0.15) is 40.4 Å². The Morgan fingerprint density at radius 2 is 1.75 bits per heavy atom. The second-order valence-corrected chi connectivity index (χ2v) is 7.82. The topological polar surface area (TPSA) is 38.3 Å². The molecule has 32 heavy (non-hydrogen) atoms. The number of halogens is 2. The Labute approximate surface area is 186 Å². The van der Waals surface area contributed by atoms with Gasteiger partial charge >= 0.3 is 0 Å². The number of carbonyl (C=O) groups excluding carboxylic acids is 1. The van der Waals surface area contributed by atoms with E-state index in [0.29, 0.717) is 28.2 Å². The first kappa shape index (κ1) is 21.5. The molecular formula is C27H23F2NO2. The summed E-state index contributed by atoms with van der Waals surface area (Å²) in [6, 6.07) is 16.3. The number of ether oxygens (including phenoxy) is 1. The van der Waals surface area contributed by atoms with Crippen LogP contribution in [0.2, 0.25) is 0 Å². The minimum atomic E-state index is -0.679. The van der Waals surface area contributed by atoms with Crippen LogP contribution in [-0.4, -0.2) is 5.91 Å². The van der Waals surface area contributed by atoms with Gasteiger partial charge in [-0.15, -0.1) is 0 Å². The van der Waals surface area contributed by atoms with Gasteiger partial charge in [-0.2, -0.15) is 0 Å². The van der Waals surface area contributed by atoms with Crippen molar-refractivity contribution in [2.75, 3.05) is 0 Å². The van der Waals surface area contributed by atoms with E-state index in [-0.39, 0.29) is 12.5 Å². The third-order valence-electron chi connectivity index (χ3n) is 5.45. The minimum absolute atomic E-state index is 0.0159. The summed E-state index contributed by atoms with van der Waals surface area (Å²) in [4.78, 5) is 12.7. The van der Waals surface area contributed by atoms with Crippen molar-refractivity contribution < 1.29 is 18.3 Å². The van der Waals surface area contributed by atoms with Crippen LogP contribution in [0.4, 0.5) is 8.78 Å². The largest absolute Gasteiger partial charge is 0.457 e. The molecule has 0 radical (unpaired) electrons. The molecule has 4 rings (SSSR count). The Balaban J connectivity index is 1.51. The van der Waals surface area contributed by atoms with Crippen LogP contribution in [0, 0.1) is 18.6 Å². The molecule has 0 bridgehead atoms. The van der Waals surface area contributed by atoms with Gasteiger partial charge in [0, 0.05) is 23.7 Å².